The summed E-state index contributed by atoms with van der Waals surface area (Å²) >= 11 is 0. The van der Waals surface area contributed by atoms with Gasteiger partial charge in [0.1, 0.15) is 0 Å². The smallest absolute Gasteiger partial charge is 0.191 e. The van der Waals surface area contributed by atoms with Gasteiger partial charge in [-0.15, -0.1) is 24.0 Å². The topological polar surface area (TPSA) is 78.6 Å². The summed E-state index contributed by atoms with van der Waals surface area (Å²) in [4.78, 5) is 10.3. The molecular weight excluding hydrogens is 462 g/mol. The maximum Gasteiger partial charge on any atom is 0.191 e. The number of hydrogen-bond donors (Lipinski definition) is 2. The molecule has 3 rings (SSSR count). The van der Waals surface area contributed by atoms with E-state index in [1.54, 1.807) is 19.3 Å². The van der Waals surface area contributed by atoms with Crippen LogP contribution in [0.2, 0.25) is 0 Å². The Kier molecular flexibility index (Phi) is 7.81. The maximum absolute atomic E-state index is 13.9. The van der Waals surface area contributed by atoms with Crippen LogP contribution in [-0.2, 0) is 6.54 Å². The monoisotopic (exact) mass is 488 g/mol. The second-order valence-electron chi connectivity index (χ2n) is 6.68. The number of nitrogens with one attached hydrogen (secondary N) is 2. The fraction of sp³-hybridized carbons (Fsp3) is 0.500. The van der Waals surface area contributed by atoms with Gasteiger partial charge in [-0.2, -0.15) is 0 Å². The molecule has 1 aliphatic heterocycles. The summed E-state index contributed by atoms with van der Waals surface area (Å²) in [5.41, 5.74) is 0.938. The summed E-state index contributed by atoms with van der Waals surface area (Å²) in [5, 5.41) is 10.6. The molecule has 1 aliphatic rings. The molecule has 2 N–H and O–H groups in total. The van der Waals surface area contributed by atoms with Crippen LogP contribution in [0.15, 0.2) is 33.9 Å². The lowest BCUT2D eigenvalue weighted by atomic mass is 10.1. The third-order valence-corrected chi connectivity index (χ3v) is 4.39. The van der Waals surface area contributed by atoms with Gasteiger partial charge < -0.3 is 20.1 Å². The molecule has 7 nitrogen and oxygen atoms in total. The molecule has 3 heterocycles. The Labute approximate surface area is 175 Å². The van der Waals surface area contributed by atoms with Gasteiger partial charge in [0.25, 0.3) is 0 Å². The van der Waals surface area contributed by atoms with Gasteiger partial charge in [0, 0.05) is 38.4 Å². The van der Waals surface area contributed by atoms with E-state index in [0.717, 1.165) is 24.4 Å². The SMILES string of the molecule is CN=C(NCc1cc(C(C)C)no1)NC1CCN(c2ncccc2F)C1.I. The molecule has 0 aliphatic carbocycles. The maximum atomic E-state index is 13.9. The average Bonchev–Trinajstić information content (AvgIpc) is 3.28. The summed E-state index contributed by atoms with van der Waals surface area (Å²) in [6, 6.07) is 5.16. The second-order valence-corrected chi connectivity index (χ2v) is 6.68. The molecule has 0 spiro atoms. The minimum atomic E-state index is -0.290. The van der Waals surface area contributed by atoms with E-state index in [-0.39, 0.29) is 35.8 Å². The quantitative estimate of drug-likeness (QED) is 0.383. The van der Waals surface area contributed by atoms with Gasteiger partial charge in [-0.1, -0.05) is 19.0 Å². The molecule has 148 valence electrons. The Morgan fingerprint density at radius 2 is 2.30 bits per heavy atom. The second kappa shape index (κ2) is 9.86. The molecule has 9 heteroatoms. The molecule has 0 saturated carbocycles. The van der Waals surface area contributed by atoms with Crippen LogP contribution in [0.1, 0.15) is 37.6 Å². The van der Waals surface area contributed by atoms with Crippen LogP contribution in [0, 0.1) is 5.82 Å². The molecule has 1 unspecified atom stereocenters. The van der Waals surface area contributed by atoms with Crippen molar-refractivity contribution in [3.8, 4) is 0 Å². The van der Waals surface area contributed by atoms with Crippen molar-refractivity contribution in [2.75, 3.05) is 25.0 Å². The number of aromatic nitrogens is 2. The normalized spacial score (nSPS) is 17.1. The summed E-state index contributed by atoms with van der Waals surface area (Å²) in [5.74, 6) is 1.90. The molecule has 0 radical (unpaired) electrons. The van der Waals surface area contributed by atoms with E-state index in [1.807, 2.05) is 11.0 Å². The summed E-state index contributed by atoms with van der Waals surface area (Å²) in [6.07, 6.45) is 2.50. The van der Waals surface area contributed by atoms with Crippen molar-refractivity contribution in [1.82, 2.24) is 20.8 Å². The van der Waals surface area contributed by atoms with E-state index in [4.69, 9.17) is 4.52 Å². The summed E-state index contributed by atoms with van der Waals surface area (Å²) in [6.45, 7) is 6.08. The van der Waals surface area contributed by atoms with Crippen LogP contribution < -0.4 is 15.5 Å². The van der Waals surface area contributed by atoms with E-state index >= 15 is 0 Å². The first-order chi connectivity index (χ1) is 12.6. The average molecular weight is 488 g/mol. The van der Waals surface area contributed by atoms with E-state index in [0.29, 0.717) is 30.8 Å². The van der Waals surface area contributed by atoms with E-state index in [1.165, 1.54) is 6.07 Å². The van der Waals surface area contributed by atoms with Crippen LogP contribution >= 0.6 is 24.0 Å². The fourth-order valence-electron chi connectivity index (χ4n) is 2.92. The van der Waals surface area contributed by atoms with Crippen molar-refractivity contribution in [3.63, 3.8) is 0 Å². The van der Waals surface area contributed by atoms with Crippen LogP contribution in [0.4, 0.5) is 10.2 Å². The van der Waals surface area contributed by atoms with E-state index < -0.39 is 0 Å². The summed E-state index contributed by atoms with van der Waals surface area (Å²) in [7, 11) is 1.72. The van der Waals surface area contributed by atoms with Crippen molar-refractivity contribution < 1.29 is 8.91 Å². The molecule has 2 aromatic heterocycles. The number of anilines is 1. The van der Waals surface area contributed by atoms with Crippen LogP contribution in [0.25, 0.3) is 0 Å². The first-order valence-corrected chi connectivity index (χ1v) is 8.85. The zero-order valence-electron chi connectivity index (χ0n) is 15.8. The minimum absolute atomic E-state index is 0. The van der Waals surface area contributed by atoms with Crippen LogP contribution in [0.3, 0.4) is 0 Å². The third-order valence-electron chi connectivity index (χ3n) is 4.39. The molecule has 0 bridgehead atoms. The zero-order valence-corrected chi connectivity index (χ0v) is 18.1. The molecule has 0 amide bonds. The number of rotatable bonds is 5. The van der Waals surface area contributed by atoms with Crippen molar-refractivity contribution in [2.45, 2.75) is 38.8 Å². The van der Waals surface area contributed by atoms with Crippen molar-refractivity contribution in [3.05, 3.63) is 41.7 Å². The van der Waals surface area contributed by atoms with Gasteiger partial charge >= 0.3 is 0 Å². The van der Waals surface area contributed by atoms with Gasteiger partial charge in [0.15, 0.2) is 23.4 Å². The van der Waals surface area contributed by atoms with Crippen molar-refractivity contribution in [1.29, 1.82) is 0 Å². The molecule has 1 fully saturated rings. The van der Waals surface area contributed by atoms with Gasteiger partial charge in [-0.05, 0) is 24.5 Å². The number of halogens is 2. The number of nitrogens with zero attached hydrogens (tertiary/aromatic N) is 4. The van der Waals surface area contributed by atoms with Crippen LogP contribution in [-0.4, -0.2) is 42.3 Å². The Bertz CT molecular complexity index is 766. The predicted molar refractivity (Wildman–Crippen MR) is 114 cm³/mol. The molecule has 1 saturated heterocycles. The number of aliphatic imine (C=N–C) groups is 1. The van der Waals surface area contributed by atoms with Gasteiger partial charge in [-0.3, -0.25) is 4.99 Å². The van der Waals surface area contributed by atoms with Gasteiger partial charge in [0.05, 0.1) is 12.2 Å². The number of hydrogen-bond acceptors (Lipinski definition) is 5. The lowest BCUT2D eigenvalue weighted by Gasteiger charge is -2.19. The lowest BCUT2D eigenvalue weighted by Crippen LogP contribution is -2.44. The molecule has 27 heavy (non-hydrogen) atoms. The fourth-order valence-corrected chi connectivity index (χ4v) is 2.92. The highest BCUT2D eigenvalue weighted by Crippen LogP contribution is 2.20. The van der Waals surface area contributed by atoms with Crippen molar-refractivity contribution in [2.24, 2.45) is 4.99 Å². The first-order valence-electron chi connectivity index (χ1n) is 8.85. The highest BCUT2D eigenvalue weighted by atomic mass is 127. The first kappa shape index (κ1) is 21.4. The highest BCUT2D eigenvalue weighted by Gasteiger charge is 2.26. The predicted octanol–water partition coefficient (Wildman–Crippen LogP) is 2.89. The molecule has 1 atom stereocenters. The highest BCUT2D eigenvalue weighted by molar-refractivity contribution is 14.0. The molecule has 0 aromatic carbocycles. The van der Waals surface area contributed by atoms with Crippen molar-refractivity contribution >= 4 is 35.8 Å². The number of pyridine rings is 1. The largest absolute Gasteiger partial charge is 0.359 e. The molecule has 2 aromatic rings. The Morgan fingerprint density at radius 3 is 2.96 bits per heavy atom. The Hall–Kier alpha value is -1.91. The van der Waals surface area contributed by atoms with E-state index in [2.05, 4.69) is 39.6 Å². The van der Waals surface area contributed by atoms with E-state index in [9.17, 15) is 4.39 Å². The zero-order chi connectivity index (χ0) is 18.5. The minimum Gasteiger partial charge on any atom is -0.359 e. The van der Waals surface area contributed by atoms with Crippen LogP contribution in [0.5, 0.6) is 0 Å². The van der Waals surface area contributed by atoms with Gasteiger partial charge in [-0.25, -0.2) is 9.37 Å². The third kappa shape index (κ3) is 5.53. The number of guanidine groups is 1. The Morgan fingerprint density at radius 1 is 1.48 bits per heavy atom. The van der Waals surface area contributed by atoms with Gasteiger partial charge in [0.2, 0.25) is 0 Å². The molecular formula is C18H26FIN6O. The standard InChI is InChI=1S/C18H25FN6O.HI/c1-12(2)16-9-14(26-24-16)10-22-18(20-3)23-13-6-8-25(11-13)17-15(19)5-4-7-21-17;/h4-5,7,9,12-13H,6,8,10-11H2,1-3H3,(H2,20,22,23);1H. The lowest BCUT2D eigenvalue weighted by molar-refractivity contribution is 0.371. The Balaban J connectivity index is 0.00000261. The summed E-state index contributed by atoms with van der Waals surface area (Å²) < 4.78 is 19.2.